The third-order valence-electron chi connectivity index (χ3n) is 2.39. The molecule has 21 heavy (non-hydrogen) atoms. The molecule has 0 radical (unpaired) electrons. The molecule has 0 aliphatic carbocycles. The molecule has 0 spiro atoms. The number of anilines is 1. The number of carbonyl (C=O) groups excluding carboxylic acids is 2. The number of aromatic nitrogens is 1. The van der Waals surface area contributed by atoms with Crippen molar-refractivity contribution in [2.24, 2.45) is 0 Å². The minimum atomic E-state index is -0.659. The number of para-hydroxylation sites is 1. The van der Waals surface area contributed by atoms with Crippen LogP contribution in [0.25, 0.3) is 0 Å². The predicted molar refractivity (Wildman–Crippen MR) is 77.4 cm³/mol. The average molecular weight is 329 g/mol. The Morgan fingerprint density at radius 2 is 2.24 bits per heavy atom. The van der Waals surface area contributed by atoms with Crippen LogP contribution in [0.2, 0.25) is 5.02 Å². The number of nitrogens with one attached hydrogen (secondary N) is 1. The average Bonchev–Trinajstić information content (AvgIpc) is 2.93. The molecular formula is C13H10ClFN2O3S. The summed E-state index contributed by atoms with van der Waals surface area (Å²) < 4.78 is 18.3. The third kappa shape index (κ3) is 3.56. The highest BCUT2D eigenvalue weighted by Crippen LogP contribution is 2.25. The molecule has 0 aliphatic rings. The van der Waals surface area contributed by atoms with E-state index >= 15 is 0 Å². The van der Waals surface area contributed by atoms with E-state index in [4.69, 9.17) is 16.3 Å². The number of benzene rings is 1. The molecule has 0 bridgehead atoms. The third-order valence-corrected chi connectivity index (χ3v) is 3.53. The zero-order valence-corrected chi connectivity index (χ0v) is 12.4. The molecule has 0 fully saturated rings. The summed E-state index contributed by atoms with van der Waals surface area (Å²) in [4.78, 5) is 27.3. The molecule has 5 nitrogen and oxygen atoms in total. The van der Waals surface area contributed by atoms with Crippen LogP contribution in [0.3, 0.4) is 0 Å². The molecule has 1 amide bonds. The van der Waals surface area contributed by atoms with Crippen LogP contribution < -0.4 is 5.32 Å². The largest absolute Gasteiger partial charge is 0.461 e. The maximum absolute atomic E-state index is 13.6. The molecule has 1 N–H and O–H groups in total. The zero-order chi connectivity index (χ0) is 15.4. The van der Waals surface area contributed by atoms with E-state index in [0.717, 1.165) is 11.3 Å². The quantitative estimate of drug-likeness (QED) is 0.874. The van der Waals surface area contributed by atoms with Gasteiger partial charge in [-0.15, -0.1) is 11.3 Å². The molecule has 0 unspecified atom stereocenters. The molecule has 0 saturated carbocycles. The van der Waals surface area contributed by atoms with E-state index in [1.54, 1.807) is 6.92 Å². The number of esters is 1. The molecule has 0 saturated heterocycles. The Balaban J connectivity index is 2.16. The first-order valence-corrected chi connectivity index (χ1v) is 7.16. The monoisotopic (exact) mass is 328 g/mol. The molecule has 0 atom stereocenters. The second-order valence-electron chi connectivity index (χ2n) is 3.81. The lowest BCUT2D eigenvalue weighted by Gasteiger charge is -2.06. The van der Waals surface area contributed by atoms with Gasteiger partial charge in [0.05, 0.1) is 17.3 Å². The van der Waals surface area contributed by atoms with Crippen molar-refractivity contribution in [3.63, 3.8) is 0 Å². The van der Waals surface area contributed by atoms with Crippen molar-refractivity contribution in [3.8, 4) is 0 Å². The van der Waals surface area contributed by atoms with Crippen LogP contribution in [-0.4, -0.2) is 23.5 Å². The lowest BCUT2D eigenvalue weighted by atomic mass is 10.3. The molecule has 2 rings (SSSR count). The van der Waals surface area contributed by atoms with Gasteiger partial charge in [-0.3, -0.25) is 4.79 Å². The number of nitrogens with zero attached hydrogens (tertiary/aromatic N) is 1. The van der Waals surface area contributed by atoms with E-state index in [9.17, 15) is 14.0 Å². The number of rotatable bonds is 4. The highest BCUT2D eigenvalue weighted by molar-refractivity contribution is 7.11. The molecule has 1 aromatic heterocycles. The Labute approximate surface area is 128 Å². The first-order chi connectivity index (χ1) is 10.0. The molecule has 110 valence electrons. The standard InChI is InChI=1S/C13H10ClFN2O3S/c1-2-20-13(19)12-16-9(6-21-12)11(18)17-10-7(14)4-3-5-8(10)15/h3-6H,2H2,1H3,(H,17,18). The number of halogens is 2. The van der Waals surface area contributed by atoms with Crippen LogP contribution in [0.4, 0.5) is 10.1 Å². The maximum atomic E-state index is 13.6. The number of thiazole rings is 1. The Morgan fingerprint density at radius 1 is 1.48 bits per heavy atom. The van der Waals surface area contributed by atoms with E-state index in [0.29, 0.717) is 0 Å². The maximum Gasteiger partial charge on any atom is 0.367 e. The normalized spacial score (nSPS) is 10.2. The predicted octanol–water partition coefficient (Wildman–Crippen LogP) is 3.36. The van der Waals surface area contributed by atoms with Crippen molar-refractivity contribution in [3.05, 3.63) is 45.1 Å². The van der Waals surface area contributed by atoms with E-state index in [1.165, 1.54) is 23.6 Å². The summed E-state index contributed by atoms with van der Waals surface area (Å²) in [6.45, 7) is 1.88. The summed E-state index contributed by atoms with van der Waals surface area (Å²) in [5.41, 5.74) is -0.141. The summed E-state index contributed by atoms with van der Waals surface area (Å²) in [5, 5.41) is 3.84. The van der Waals surface area contributed by atoms with Gasteiger partial charge < -0.3 is 10.1 Å². The van der Waals surface area contributed by atoms with Gasteiger partial charge in [-0.25, -0.2) is 14.2 Å². The van der Waals surface area contributed by atoms with Gasteiger partial charge in [-0.2, -0.15) is 0 Å². The smallest absolute Gasteiger partial charge is 0.367 e. The summed E-state index contributed by atoms with van der Waals surface area (Å²) >= 11 is 6.78. The van der Waals surface area contributed by atoms with Gasteiger partial charge in [0.15, 0.2) is 0 Å². The van der Waals surface area contributed by atoms with Crippen LogP contribution in [0.5, 0.6) is 0 Å². The summed E-state index contributed by atoms with van der Waals surface area (Å²) in [5.74, 6) is -1.92. The molecule has 2 aromatic rings. The summed E-state index contributed by atoms with van der Waals surface area (Å²) in [6, 6.07) is 4.05. The van der Waals surface area contributed by atoms with Gasteiger partial charge in [-0.1, -0.05) is 17.7 Å². The number of hydrogen-bond donors (Lipinski definition) is 1. The Bertz CT molecular complexity index is 670. The fraction of sp³-hybridized carbons (Fsp3) is 0.154. The van der Waals surface area contributed by atoms with E-state index in [2.05, 4.69) is 10.3 Å². The van der Waals surface area contributed by atoms with Gasteiger partial charge in [0.1, 0.15) is 11.5 Å². The van der Waals surface area contributed by atoms with Gasteiger partial charge >= 0.3 is 5.97 Å². The topological polar surface area (TPSA) is 68.3 Å². The Hall–Kier alpha value is -1.99. The first-order valence-electron chi connectivity index (χ1n) is 5.91. The molecular weight excluding hydrogens is 319 g/mol. The molecule has 8 heteroatoms. The van der Waals surface area contributed by atoms with Crippen LogP contribution in [0.1, 0.15) is 27.2 Å². The van der Waals surface area contributed by atoms with Crippen molar-refractivity contribution in [1.29, 1.82) is 0 Å². The SMILES string of the molecule is CCOC(=O)c1nc(C(=O)Nc2c(F)cccc2Cl)cs1. The minimum absolute atomic E-state index is 0.0117. The summed E-state index contributed by atoms with van der Waals surface area (Å²) in [7, 11) is 0. The van der Waals surface area contributed by atoms with Gasteiger partial charge in [0, 0.05) is 5.38 Å². The van der Waals surface area contributed by atoms with Crippen molar-refractivity contribution in [2.75, 3.05) is 11.9 Å². The van der Waals surface area contributed by atoms with Gasteiger partial charge in [0.2, 0.25) is 5.01 Å². The zero-order valence-electron chi connectivity index (χ0n) is 10.9. The molecule has 0 aliphatic heterocycles. The number of ether oxygens (including phenoxy) is 1. The van der Waals surface area contributed by atoms with Crippen LogP contribution in [-0.2, 0) is 4.74 Å². The number of carbonyl (C=O) groups is 2. The van der Waals surface area contributed by atoms with E-state index in [-0.39, 0.29) is 28.0 Å². The Morgan fingerprint density at radius 3 is 2.90 bits per heavy atom. The van der Waals surface area contributed by atoms with Crippen molar-refractivity contribution < 1.29 is 18.7 Å². The van der Waals surface area contributed by atoms with E-state index < -0.39 is 17.7 Å². The fourth-order valence-corrected chi connectivity index (χ4v) is 2.36. The fourth-order valence-electron chi connectivity index (χ4n) is 1.46. The number of hydrogen-bond acceptors (Lipinski definition) is 5. The lowest BCUT2D eigenvalue weighted by molar-refractivity contribution is 0.0526. The van der Waals surface area contributed by atoms with Crippen molar-refractivity contribution in [1.82, 2.24) is 4.98 Å². The highest BCUT2D eigenvalue weighted by Gasteiger charge is 2.18. The number of amides is 1. The second-order valence-corrected chi connectivity index (χ2v) is 5.07. The van der Waals surface area contributed by atoms with Gasteiger partial charge in [-0.05, 0) is 19.1 Å². The highest BCUT2D eigenvalue weighted by atomic mass is 35.5. The van der Waals surface area contributed by atoms with Crippen LogP contribution >= 0.6 is 22.9 Å². The van der Waals surface area contributed by atoms with Gasteiger partial charge in [0.25, 0.3) is 5.91 Å². The van der Waals surface area contributed by atoms with E-state index in [1.807, 2.05) is 0 Å². The van der Waals surface area contributed by atoms with Crippen molar-refractivity contribution >= 4 is 40.5 Å². The summed E-state index contributed by atoms with van der Waals surface area (Å²) in [6.07, 6.45) is 0. The van der Waals surface area contributed by atoms with Crippen LogP contribution in [0.15, 0.2) is 23.6 Å². The molecule has 1 aromatic carbocycles. The minimum Gasteiger partial charge on any atom is -0.461 e. The van der Waals surface area contributed by atoms with Crippen LogP contribution in [0, 0.1) is 5.82 Å². The lowest BCUT2D eigenvalue weighted by Crippen LogP contribution is -2.14. The first kappa shape index (κ1) is 15.4. The van der Waals surface area contributed by atoms with Crippen molar-refractivity contribution in [2.45, 2.75) is 6.92 Å². The Kier molecular flexibility index (Phi) is 4.87. The second kappa shape index (κ2) is 6.64. The molecule has 1 heterocycles.